The standard InChI is InChI=1S/C35H32F2N2S3/c1-3-5-7-9-23-11-13-25(29(37)21-23)31-17-19-33(41-31)27-15-14-26(34-35(27)39-42-38-34)32-18-16-30(40-32)24-12-10-22(8-6-4-2)20-28(24)36/h10-21H,3-9H2,1-2H3. The molecule has 0 fully saturated rings. The van der Waals surface area contributed by atoms with Crippen molar-refractivity contribution in [3.8, 4) is 41.8 Å². The van der Waals surface area contributed by atoms with E-state index in [4.69, 9.17) is 0 Å². The summed E-state index contributed by atoms with van der Waals surface area (Å²) >= 11 is 4.32. The third kappa shape index (κ3) is 5.96. The second-order valence-corrected chi connectivity index (χ2v) is 13.3. The summed E-state index contributed by atoms with van der Waals surface area (Å²) < 4.78 is 39.4. The molecule has 3 aromatic carbocycles. The van der Waals surface area contributed by atoms with E-state index in [1.54, 1.807) is 34.8 Å². The fraction of sp³-hybridized carbons (Fsp3) is 0.257. The van der Waals surface area contributed by atoms with Crippen molar-refractivity contribution in [3.05, 3.63) is 95.6 Å². The minimum absolute atomic E-state index is 0.172. The van der Waals surface area contributed by atoms with Gasteiger partial charge in [0.05, 0.1) is 11.7 Å². The molecule has 0 spiro atoms. The van der Waals surface area contributed by atoms with E-state index in [1.807, 2.05) is 48.5 Å². The summed E-state index contributed by atoms with van der Waals surface area (Å²) in [5.41, 5.74) is 6.99. The van der Waals surface area contributed by atoms with Crippen LogP contribution in [0, 0.1) is 11.6 Å². The Morgan fingerprint density at radius 2 is 0.952 bits per heavy atom. The van der Waals surface area contributed by atoms with Crippen LogP contribution in [0.25, 0.3) is 52.8 Å². The normalized spacial score (nSPS) is 11.5. The zero-order valence-corrected chi connectivity index (χ0v) is 26.2. The van der Waals surface area contributed by atoms with Gasteiger partial charge in [0.1, 0.15) is 22.7 Å². The van der Waals surface area contributed by atoms with Crippen LogP contribution in [-0.2, 0) is 12.8 Å². The van der Waals surface area contributed by atoms with Crippen LogP contribution in [-0.4, -0.2) is 8.75 Å². The maximum Gasteiger partial charge on any atom is 0.132 e. The molecular weight excluding hydrogens is 583 g/mol. The average Bonchev–Trinajstić information content (AvgIpc) is 3.77. The largest absolute Gasteiger partial charge is 0.206 e. The van der Waals surface area contributed by atoms with Gasteiger partial charge in [-0.3, -0.25) is 0 Å². The monoisotopic (exact) mass is 614 g/mol. The predicted octanol–water partition coefficient (Wildman–Crippen LogP) is 11.8. The van der Waals surface area contributed by atoms with Gasteiger partial charge >= 0.3 is 0 Å². The van der Waals surface area contributed by atoms with Crippen LogP contribution < -0.4 is 0 Å². The number of hydrogen-bond donors (Lipinski definition) is 0. The number of rotatable bonds is 11. The molecule has 3 aromatic heterocycles. The highest BCUT2D eigenvalue weighted by molar-refractivity contribution is 7.19. The predicted molar refractivity (Wildman–Crippen MR) is 177 cm³/mol. The van der Waals surface area contributed by atoms with E-state index in [9.17, 15) is 0 Å². The molecule has 0 amide bonds. The Balaban J connectivity index is 1.27. The Morgan fingerprint density at radius 1 is 0.524 bits per heavy atom. The molecule has 0 radical (unpaired) electrons. The van der Waals surface area contributed by atoms with Gasteiger partial charge in [0.2, 0.25) is 0 Å². The van der Waals surface area contributed by atoms with Crippen molar-refractivity contribution in [3.63, 3.8) is 0 Å². The fourth-order valence-corrected chi connectivity index (χ4v) is 8.00. The van der Waals surface area contributed by atoms with Gasteiger partial charge in [0.25, 0.3) is 0 Å². The Kier molecular flexibility index (Phi) is 8.89. The summed E-state index contributed by atoms with van der Waals surface area (Å²) in [4.78, 5) is 3.84. The summed E-state index contributed by atoms with van der Waals surface area (Å²) in [6, 6.07) is 23.4. The zero-order chi connectivity index (χ0) is 29.1. The highest BCUT2D eigenvalue weighted by Gasteiger charge is 2.18. The van der Waals surface area contributed by atoms with Crippen LogP contribution in [0.4, 0.5) is 8.78 Å². The smallest absolute Gasteiger partial charge is 0.132 e. The lowest BCUT2D eigenvalue weighted by Crippen LogP contribution is -1.89. The second-order valence-electron chi connectivity index (χ2n) is 10.6. The van der Waals surface area contributed by atoms with Crippen molar-refractivity contribution < 1.29 is 8.78 Å². The van der Waals surface area contributed by atoms with E-state index in [1.165, 1.54) is 11.7 Å². The quantitative estimate of drug-likeness (QED) is 0.136. The van der Waals surface area contributed by atoms with E-state index >= 15 is 8.78 Å². The molecule has 0 saturated heterocycles. The number of unbranched alkanes of at least 4 members (excludes halogenated alkanes) is 3. The first-order valence-corrected chi connectivity index (χ1v) is 16.9. The molecule has 2 nitrogen and oxygen atoms in total. The SMILES string of the molecule is CCCCCc1ccc(-c2ccc(-c3ccc(-c4ccc(-c5ccc(CCCC)cc5F)s4)c4nsnc34)s2)c(F)c1. The molecule has 0 aliphatic rings. The van der Waals surface area contributed by atoms with E-state index in [-0.39, 0.29) is 11.6 Å². The van der Waals surface area contributed by atoms with E-state index < -0.39 is 0 Å². The van der Waals surface area contributed by atoms with Gasteiger partial charge in [-0.15, -0.1) is 22.7 Å². The molecule has 3 heterocycles. The minimum Gasteiger partial charge on any atom is -0.206 e. The molecule has 0 saturated carbocycles. The van der Waals surface area contributed by atoms with Crippen LogP contribution in [0.15, 0.2) is 72.8 Å². The summed E-state index contributed by atoms with van der Waals surface area (Å²) in [7, 11) is 0. The van der Waals surface area contributed by atoms with Crippen LogP contribution in [0.3, 0.4) is 0 Å². The Bertz CT molecular complexity index is 1830. The molecule has 214 valence electrons. The maximum atomic E-state index is 15.1. The number of benzene rings is 3. The van der Waals surface area contributed by atoms with E-state index in [2.05, 4.69) is 34.7 Å². The molecule has 6 rings (SSSR count). The van der Waals surface area contributed by atoms with Crippen molar-refractivity contribution in [2.45, 2.75) is 58.8 Å². The average molecular weight is 615 g/mol. The number of hydrogen-bond acceptors (Lipinski definition) is 5. The van der Waals surface area contributed by atoms with Crippen LogP contribution >= 0.6 is 34.4 Å². The number of halogens is 2. The third-order valence-corrected chi connectivity index (χ3v) is 10.5. The zero-order valence-electron chi connectivity index (χ0n) is 23.8. The van der Waals surface area contributed by atoms with Crippen molar-refractivity contribution >= 4 is 45.4 Å². The Morgan fingerprint density at radius 3 is 1.40 bits per heavy atom. The van der Waals surface area contributed by atoms with Gasteiger partial charge in [-0.1, -0.05) is 69.5 Å². The molecular formula is C35H32F2N2S3. The maximum absolute atomic E-state index is 15.1. The van der Waals surface area contributed by atoms with Crippen molar-refractivity contribution in [2.24, 2.45) is 0 Å². The highest BCUT2D eigenvalue weighted by atomic mass is 32.1. The second kappa shape index (κ2) is 12.9. The summed E-state index contributed by atoms with van der Waals surface area (Å²) in [6.45, 7) is 4.32. The molecule has 6 aromatic rings. The Labute approximate surface area is 258 Å². The number of thiophene rings is 2. The summed E-state index contributed by atoms with van der Waals surface area (Å²) in [5, 5.41) is 0. The van der Waals surface area contributed by atoms with Crippen LogP contribution in [0.5, 0.6) is 0 Å². The highest BCUT2D eigenvalue weighted by Crippen LogP contribution is 2.43. The third-order valence-electron chi connectivity index (χ3n) is 7.64. The van der Waals surface area contributed by atoms with Crippen molar-refractivity contribution in [1.82, 2.24) is 8.75 Å². The number of aryl methyl sites for hydroxylation is 2. The van der Waals surface area contributed by atoms with Gasteiger partial charge in [0.15, 0.2) is 0 Å². The molecule has 0 unspecified atom stereocenters. The van der Waals surface area contributed by atoms with E-state index in [0.29, 0.717) is 11.1 Å². The molecule has 0 bridgehead atoms. The van der Waals surface area contributed by atoms with Gasteiger partial charge in [0, 0.05) is 41.8 Å². The molecule has 7 heteroatoms. The lowest BCUT2D eigenvalue weighted by Gasteiger charge is -2.06. The van der Waals surface area contributed by atoms with Gasteiger partial charge in [-0.05, 0) is 73.2 Å². The molecule has 0 aliphatic carbocycles. The first-order chi connectivity index (χ1) is 20.6. The first kappa shape index (κ1) is 28.8. The lowest BCUT2D eigenvalue weighted by molar-refractivity contribution is 0.627. The van der Waals surface area contributed by atoms with Crippen LogP contribution in [0.1, 0.15) is 57.1 Å². The van der Waals surface area contributed by atoms with Crippen LogP contribution in [0.2, 0.25) is 0 Å². The van der Waals surface area contributed by atoms with Gasteiger partial charge in [-0.2, -0.15) is 8.75 Å². The Hall–Kier alpha value is -3.26. The lowest BCUT2D eigenvalue weighted by atomic mass is 10.0. The summed E-state index contributed by atoms with van der Waals surface area (Å²) in [5.74, 6) is -0.349. The number of nitrogens with zero attached hydrogens (tertiary/aromatic N) is 2. The van der Waals surface area contributed by atoms with E-state index in [0.717, 1.165) is 97.7 Å². The number of fused-ring (bicyclic) bond motifs is 1. The topological polar surface area (TPSA) is 25.8 Å². The van der Waals surface area contributed by atoms with Crippen molar-refractivity contribution in [2.75, 3.05) is 0 Å². The minimum atomic E-state index is -0.177. The molecule has 0 aliphatic heterocycles. The molecule has 0 N–H and O–H groups in total. The molecule has 0 atom stereocenters. The van der Waals surface area contributed by atoms with Gasteiger partial charge < -0.3 is 0 Å². The number of aromatic nitrogens is 2. The first-order valence-electron chi connectivity index (χ1n) is 14.6. The molecule has 42 heavy (non-hydrogen) atoms. The fourth-order valence-electron chi connectivity index (χ4n) is 5.31. The summed E-state index contributed by atoms with van der Waals surface area (Å²) in [6.07, 6.45) is 7.37. The van der Waals surface area contributed by atoms with Gasteiger partial charge in [-0.25, -0.2) is 8.78 Å². The van der Waals surface area contributed by atoms with Crippen molar-refractivity contribution in [1.29, 1.82) is 0 Å².